The topological polar surface area (TPSA) is 61.4 Å². The van der Waals surface area contributed by atoms with Gasteiger partial charge in [0.15, 0.2) is 0 Å². The highest BCUT2D eigenvalue weighted by molar-refractivity contribution is 6.05. The predicted octanol–water partition coefficient (Wildman–Crippen LogP) is 3.61. The quantitative estimate of drug-likeness (QED) is 0.681. The van der Waals surface area contributed by atoms with Gasteiger partial charge in [0.05, 0.1) is 5.41 Å². The minimum absolute atomic E-state index is 0.0650. The second-order valence-electron chi connectivity index (χ2n) is 8.02. The molecule has 4 heteroatoms. The van der Waals surface area contributed by atoms with Gasteiger partial charge in [0.2, 0.25) is 5.91 Å². The molecule has 3 N–H and O–H groups in total. The molecule has 1 aromatic rings. The fraction of sp³-hybridized carbons (Fsp3) is 0.650. The molecule has 0 aliphatic carbocycles. The first kappa shape index (κ1) is 18.9. The van der Waals surface area contributed by atoms with E-state index in [1.807, 2.05) is 19.9 Å². The van der Waals surface area contributed by atoms with E-state index in [0.29, 0.717) is 11.8 Å². The monoisotopic (exact) mass is 332 g/mol. The summed E-state index contributed by atoms with van der Waals surface area (Å²) in [6, 6.07) is 6.46. The molecule has 24 heavy (non-hydrogen) atoms. The molecular formula is C20H32N2O2. The molecule has 0 aromatic heterocycles. The van der Waals surface area contributed by atoms with Crippen LogP contribution in [0.15, 0.2) is 18.2 Å². The second kappa shape index (κ2) is 7.66. The Morgan fingerprint density at radius 1 is 1.25 bits per heavy atom. The standard InChI is InChI=1S/C20H32N2O2/c1-13(2)10-15(8-9-23)12-21-14(3)16-6-7-18-17(11-16)20(4,5)19(24)22-18/h6-7,11,13-15,21,23H,8-10,12H2,1-5H3,(H,22,24). The zero-order valence-electron chi connectivity index (χ0n) is 15.6. The molecule has 2 rings (SSSR count). The number of aliphatic hydroxyl groups excluding tert-OH is 1. The highest BCUT2D eigenvalue weighted by Gasteiger charge is 2.38. The van der Waals surface area contributed by atoms with Gasteiger partial charge in [-0.25, -0.2) is 0 Å². The van der Waals surface area contributed by atoms with Crippen LogP contribution < -0.4 is 10.6 Å². The number of carbonyl (C=O) groups excluding carboxylic acids is 1. The molecule has 0 fully saturated rings. The molecule has 1 heterocycles. The van der Waals surface area contributed by atoms with Crippen molar-refractivity contribution < 1.29 is 9.90 Å². The maximum atomic E-state index is 12.1. The Hall–Kier alpha value is -1.39. The minimum Gasteiger partial charge on any atom is -0.396 e. The van der Waals surface area contributed by atoms with Gasteiger partial charge in [-0.15, -0.1) is 0 Å². The number of benzene rings is 1. The Balaban J connectivity index is 2.04. The third-order valence-corrected chi connectivity index (χ3v) is 5.09. The highest BCUT2D eigenvalue weighted by Crippen LogP contribution is 2.38. The Labute approximate surface area is 146 Å². The summed E-state index contributed by atoms with van der Waals surface area (Å²) < 4.78 is 0. The van der Waals surface area contributed by atoms with Crippen molar-refractivity contribution in [3.8, 4) is 0 Å². The number of fused-ring (bicyclic) bond motifs is 1. The van der Waals surface area contributed by atoms with Crippen molar-refractivity contribution in [1.82, 2.24) is 5.32 Å². The average molecular weight is 332 g/mol. The van der Waals surface area contributed by atoms with Gasteiger partial charge in [-0.1, -0.05) is 26.0 Å². The summed E-state index contributed by atoms with van der Waals surface area (Å²) in [7, 11) is 0. The number of anilines is 1. The van der Waals surface area contributed by atoms with E-state index in [9.17, 15) is 9.90 Å². The highest BCUT2D eigenvalue weighted by atomic mass is 16.3. The van der Waals surface area contributed by atoms with Gasteiger partial charge in [0.25, 0.3) is 0 Å². The number of hydrogen-bond acceptors (Lipinski definition) is 3. The van der Waals surface area contributed by atoms with Gasteiger partial charge in [0.1, 0.15) is 0 Å². The maximum absolute atomic E-state index is 12.1. The largest absolute Gasteiger partial charge is 0.396 e. The van der Waals surface area contributed by atoms with Crippen molar-refractivity contribution >= 4 is 11.6 Å². The van der Waals surface area contributed by atoms with Crippen LogP contribution in [0.5, 0.6) is 0 Å². The van der Waals surface area contributed by atoms with Crippen LogP contribution in [0.1, 0.15) is 64.6 Å². The SMILES string of the molecule is CC(C)CC(CCO)CNC(C)c1ccc2c(c1)C(C)(C)C(=O)N2. The molecule has 134 valence electrons. The Kier molecular flexibility index (Phi) is 6.05. The van der Waals surface area contributed by atoms with E-state index in [2.05, 4.69) is 43.5 Å². The van der Waals surface area contributed by atoms with Crippen LogP contribution in [0.25, 0.3) is 0 Å². The molecule has 2 unspecified atom stereocenters. The molecule has 0 bridgehead atoms. The summed E-state index contributed by atoms with van der Waals surface area (Å²) in [6.45, 7) is 11.7. The molecule has 1 aliphatic heterocycles. The van der Waals surface area contributed by atoms with Gasteiger partial charge < -0.3 is 15.7 Å². The van der Waals surface area contributed by atoms with Gasteiger partial charge in [-0.05, 0) is 69.2 Å². The first-order valence-electron chi connectivity index (χ1n) is 9.05. The number of amides is 1. The lowest BCUT2D eigenvalue weighted by atomic mass is 9.85. The van der Waals surface area contributed by atoms with Crippen molar-refractivity contribution in [3.63, 3.8) is 0 Å². The second-order valence-corrected chi connectivity index (χ2v) is 8.02. The summed E-state index contributed by atoms with van der Waals surface area (Å²) in [6.07, 6.45) is 1.96. The number of hydrogen-bond donors (Lipinski definition) is 3. The summed E-state index contributed by atoms with van der Waals surface area (Å²) in [5.74, 6) is 1.19. The number of nitrogens with one attached hydrogen (secondary N) is 2. The molecular weight excluding hydrogens is 300 g/mol. The zero-order chi connectivity index (χ0) is 17.9. The van der Waals surface area contributed by atoms with Crippen LogP contribution in [0.3, 0.4) is 0 Å². The normalized spacial score (nSPS) is 18.4. The Morgan fingerprint density at radius 2 is 1.96 bits per heavy atom. The van der Waals surface area contributed by atoms with Gasteiger partial charge in [0, 0.05) is 18.3 Å². The molecule has 1 aliphatic rings. The van der Waals surface area contributed by atoms with Crippen molar-refractivity contribution in [2.24, 2.45) is 11.8 Å². The lowest BCUT2D eigenvalue weighted by Gasteiger charge is -2.23. The number of aliphatic hydroxyl groups is 1. The lowest BCUT2D eigenvalue weighted by Crippen LogP contribution is -2.28. The van der Waals surface area contributed by atoms with E-state index in [0.717, 1.165) is 30.6 Å². The van der Waals surface area contributed by atoms with Crippen LogP contribution in [0.2, 0.25) is 0 Å². The van der Waals surface area contributed by atoms with Crippen LogP contribution in [-0.2, 0) is 10.2 Å². The van der Waals surface area contributed by atoms with Crippen molar-refractivity contribution in [2.75, 3.05) is 18.5 Å². The summed E-state index contributed by atoms with van der Waals surface area (Å²) in [5, 5.41) is 15.8. The van der Waals surface area contributed by atoms with Crippen molar-refractivity contribution in [2.45, 2.75) is 58.9 Å². The zero-order valence-corrected chi connectivity index (χ0v) is 15.6. The first-order valence-corrected chi connectivity index (χ1v) is 9.05. The summed E-state index contributed by atoms with van der Waals surface area (Å²) in [5.41, 5.74) is 2.74. The smallest absolute Gasteiger partial charge is 0.234 e. The molecule has 0 radical (unpaired) electrons. The van der Waals surface area contributed by atoms with Crippen LogP contribution in [0.4, 0.5) is 5.69 Å². The maximum Gasteiger partial charge on any atom is 0.234 e. The molecule has 0 saturated heterocycles. The number of rotatable bonds is 8. The fourth-order valence-electron chi connectivity index (χ4n) is 3.47. The predicted molar refractivity (Wildman–Crippen MR) is 99.2 cm³/mol. The first-order chi connectivity index (χ1) is 11.3. The Morgan fingerprint density at radius 3 is 2.58 bits per heavy atom. The Bertz CT molecular complexity index is 581. The van der Waals surface area contributed by atoms with E-state index in [-0.39, 0.29) is 18.6 Å². The van der Waals surface area contributed by atoms with E-state index in [4.69, 9.17) is 0 Å². The third-order valence-electron chi connectivity index (χ3n) is 5.09. The molecule has 1 aromatic carbocycles. The van der Waals surface area contributed by atoms with Crippen LogP contribution in [-0.4, -0.2) is 24.2 Å². The fourth-order valence-corrected chi connectivity index (χ4v) is 3.47. The molecule has 1 amide bonds. The summed E-state index contributed by atoms with van der Waals surface area (Å²) >= 11 is 0. The van der Waals surface area contributed by atoms with E-state index >= 15 is 0 Å². The minimum atomic E-state index is -0.470. The van der Waals surface area contributed by atoms with Gasteiger partial charge >= 0.3 is 0 Å². The van der Waals surface area contributed by atoms with E-state index in [1.165, 1.54) is 5.56 Å². The lowest BCUT2D eigenvalue weighted by molar-refractivity contribution is -0.119. The molecule has 0 saturated carbocycles. The van der Waals surface area contributed by atoms with Crippen LogP contribution >= 0.6 is 0 Å². The van der Waals surface area contributed by atoms with E-state index in [1.54, 1.807) is 0 Å². The van der Waals surface area contributed by atoms with Crippen LogP contribution in [0, 0.1) is 11.8 Å². The van der Waals surface area contributed by atoms with Gasteiger partial charge in [-0.3, -0.25) is 4.79 Å². The summed E-state index contributed by atoms with van der Waals surface area (Å²) in [4.78, 5) is 12.1. The van der Waals surface area contributed by atoms with Crippen molar-refractivity contribution in [1.29, 1.82) is 0 Å². The molecule has 0 spiro atoms. The number of carbonyl (C=O) groups is 1. The van der Waals surface area contributed by atoms with E-state index < -0.39 is 5.41 Å². The van der Waals surface area contributed by atoms with Crippen molar-refractivity contribution in [3.05, 3.63) is 29.3 Å². The molecule has 4 nitrogen and oxygen atoms in total. The van der Waals surface area contributed by atoms with Gasteiger partial charge in [-0.2, -0.15) is 0 Å². The molecule has 2 atom stereocenters. The average Bonchev–Trinajstić information content (AvgIpc) is 2.74. The third kappa shape index (κ3) is 4.17.